The molecule has 0 bridgehead atoms. The first kappa shape index (κ1) is 15.8. The zero-order valence-corrected chi connectivity index (χ0v) is 14.2. The van der Waals surface area contributed by atoms with Crippen molar-refractivity contribution in [3.63, 3.8) is 0 Å². The molecule has 0 fully saturated rings. The molecule has 126 valence electrons. The Morgan fingerprint density at radius 1 is 1.24 bits per heavy atom. The average Bonchev–Trinajstić information content (AvgIpc) is 3.01. The summed E-state index contributed by atoms with van der Waals surface area (Å²) in [5.74, 6) is 0.0891. The van der Waals surface area contributed by atoms with Crippen LogP contribution in [-0.2, 0) is 4.79 Å². The molecule has 6 heteroatoms. The minimum Gasteiger partial charge on any atom is -0.310 e. The number of hydrogen-bond donors (Lipinski definition) is 1. The fourth-order valence-corrected chi connectivity index (χ4v) is 3.39. The van der Waals surface area contributed by atoms with Gasteiger partial charge in [0.1, 0.15) is 11.6 Å². The van der Waals surface area contributed by atoms with E-state index >= 15 is 0 Å². The first-order chi connectivity index (χ1) is 12.0. The van der Waals surface area contributed by atoms with Gasteiger partial charge in [-0.15, -0.1) is 0 Å². The number of nitrogens with one attached hydrogen (secondary N) is 1. The maximum Gasteiger partial charge on any atom is 0.226 e. The minimum absolute atomic E-state index is 0.0942. The predicted octanol–water partition coefficient (Wildman–Crippen LogP) is 4.45. The number of aromatic nitrogens is 2. The van der Waals surface area contributed by atoms with Gasteiger partial charge >= 0.3 is 0 Å². The van der Waals surface area contributed by atoms with Crippen LogP contribution in [0.15, 0.2) is 48.7 Å². The number of hydrogen-bond acceptors (Lipinski definition) is 2. The van der Waals surface area contributed by atoms with Crippen molar-refractivity contribution in [1.29, 1.82) is 0 Å². The molecule has 2 heterocycles. The van der Waals surface area contributed by atoms with Crippen LogP contribution in [0, 0.1) is 12.7 Å². The van der Waals surface area contributed by atoms with E-state index < -0.39 is 0 Å². The molecule has 0 radical (unpaired) electrons. The van der Waals surface area contributed by atoms with E-state index in [9.17, 15) is 9.18 Å². The van der Waals surface area contributed by atoms with Gasteiger partial charge in [-0.3, -0.25) is 4.79 Å². The molecule has 1 aliphatic heterocycles. The molecule has 1 aliphatic rings. The Kier molecular flexibility index (Phi) is 3.81. The lowest BCUT2D eigenvalue weighted by molar-refractivity contribution is -0.116. The molecule has 0 unspecified atom stereocenters. The van der Waals surface area contributed by atoms with Crippen LogP contribution in [0.25, 0.3) is 5.69 Å². The highest BCUT2D eigenvalue weighted by molar-refractivity contribution is 6.31. The van der Waals surface area contributed by atoms with Crippen LogP contribution in [0.1, 0.15) is 29.0 Å². The molecule has 0 aliphatic carbocycles. The Hall–Kier alpha value is -2.66. The van der Waals surface area contributed by atoms with E-state index in [4.69, 9.17) is 11.6 Å². The zero-order chi connectivity index (χ0) is 17.6. The Bertz CT molecular complexity index is 965. The zero-order valence-electron chi connectivity index (χ0n) is 13.5. The molecule has 3 aromatic rings. The number of anilines is 1. The summed E-state index contributed by atoms with van der Waals surface area (Å²) in [4.78, 5) is 12.3. The molecule has 0 saturated carbocycles. The predicted molar refractivity (Wildman–Crippen MR) is 94.8 cm³/mol. The quantitative estimate of drug-likeness (QED) is 0.738. The second kappa shape index (κ2) is 6.01. The molecule has 1 aromatic heterocycles. The molecule has 1 amide bonds. The Morgan fingerprint density at radius 3 is 2.76 bits per heavy atom. The largest absolute Gasteiger partial charge is 0.310 e. The average molecular weight is 356 g/mol. The summed E-state index contributed by atoms with van der Waals surface area (Å²) < 4.78 is 14.9. The van der Waals surface area contributed by atoms with Crippen LogP contribution in [0.5, 0.6) is 0 Å². The number of carbonyl (C=O) groups excluding carboxylic acids is 1. The highest BCUT2D eigenvalue weighted by Gasteiger charge is 2.30. The van der Waals surface area contributed by atoms with Crippen LogP contribution in [-0.4, -0.2) is 15.7 Å². The van der Waals surface area contributed by atoms with Gasteiger partial charge in [-0.2, -0.15) is 5.10 Å². The third kappa shape index (κ3) is 2.70. The molecule has 0 spiro atoms. The molecule has 0 saturated heterocycles. The maximum atomic E-state index is 13.2. The van der Waals surface area contributed by atoms with Crippen molar-refractivity contribution in [2.24, 2.45) is 0 Å². The summed E-state index contributed by atoms with van der Waals surface area (Å²) in [5.41, 5.74) is 3.49. The first-order valence-electron chi connectivity index (χ1n) is 7.93. The highest BCUT2D eigenvalue weighted by Crippen LogP contribution is 2.38. The molecular formula is C19H15ClFN3O. The normalized spacial score (nSPS) is 16.4. The lowest BCUT2D eigenvalue weighted by atomic mass is 9.87. The monoisotopic (exact) mass is 355 g/mol. The summed E-state index contributed by atoms with van der Waals surface area (Å²) in [5, 5.41) is 8.01. The molecule has 1 N–H and O–H groups in total. The van der Waals surface area contributed by atoms with Gasteiger partial charge in [0.05, 0.1) is 11.9 Å². The maximum absolute atomic E-state index is 13.2. The van der Waals surface area contributed by atoms with E-state index in [2.05, 4.69) is 10.4 Å². The molecular weight excluding hydrogens is 341 g/mol. The minimum atomic E-state index is -0.297. The Morgan fingerprint density at radius 2 is 2.00 bits per heavy atom. The number of nitrogens with zero attached hydrogens (tertiary/aromatic N) is 2. The fourth-order valence-electron chi connectivity index (χ4n) is 3.22. The molecule has 4 rings (SSSR count). The van der Waals surface area contributed by atoms with Gasteiger partial charge in [-0.25, -0.2) is 9.07 Å². The van der Waals surface area contributed by atoms with Crippen LogP contribution >= 0.6 is 11.6 Å². The van der Waals surface area contributed by atoms with E-state index in [1.54, 1.807) is 23.0 Å². The molecule has 4 nitrogen and oxygen atoms in total. The second-order valence-electron chi connectivity index (χ2n) is 6.10. The van der Waals surface area contributed by atoms with Gasteiger partial charge in [0, 0.05) is 22.9 Å². The van der Waals surface area contributed by atoms with Crippen LogP contribution in [0.4, 0.5) is 10.2 Å². The summed E-state index contributed by atoms with van der Waals surface area (Å²) >= 11 is 6.22. The molecule has 25 heavy (non-hydrogen) atoms. The number of amides is 1. The van der Waals surface area contributed by atoms with Gasteiger partial charge in [0.15, 0.2) is 0 Å². The van der Waals surface area contributed by atoms with Crippen molar-refractivity contribution in [2.45, 2.75) is 19.3 Å². The van der Waals surface area contributed by atoms with Crippen LogP contribution < -0.4 is 5.32 Å². The first-order valence-corrected chi connectivity index (χ1v) is 8.31. The van der Waals surface area contributed by atoms with Crippen molar-refractivity contribution in [2.75, 3.05) is 5.32 Å². The van der Waals surface area contributed by atoms with E-state index in [-0.39, 0.29) is 17.6 Å². The topological polar surface area (TPSA) is 46.9 Å². The van der Waals surface area contributed by atoms with Gasteiger partial charge in [0.2, 0.25) is 5.91 Å². The SMILES string of the molecule is Cc1c(Cl)cccc1-n1ncc2c1NC(=O)C[C@H]2c1ccc(F)cc1. The summed E-state index contributed by atoms with van der Waals surface area (Å²) in [6, 6.07) is 11.8. The summed E-state index contributed by atoms with van der Waals surface area (Å²) in [6.07, 6.45) is 2.06. The summed E-state index contributed by atoms with van der Waals surface area (Å²) in [6.45, 7) is 1.91. The van der Waals surface area contributed by atoms with Crippen molar-refractivity contribution in [3.8, 4) is 5.69 Å². The van der Waals surface area contributed by atoms with E-state index in [0.717, 1.165) is 22.4 Å². The van der Waals surface area contributed by atoms with Crippen LogP contribution in [0.3, 0.4) is 0 Å². The molecule has 1 atom stereocenters. The van der Waals surface area contributed by atoms with Crippen LogP contribution in [0.2, 0.25) is 5.02 Å². The number of rotatable bonds is 2. The van der Waals surface area contributed by atoms with Crippen molar-refractivity contribution >= 4 is 23.3 Å². The van der Waals surface area contributed by atoms with E-state index in [0.29, 0.717) is 17.3 Å². The fraction of sp³-hybridized carbons (Fsp3) is 0.158. The number of fused-ring (bicyclic) bond motifs is 1. The lowest BCUT2D eigenvalue weighted by Crippen LogP contribution is -2.24. The lowest BCUT2D eigenvalue weighted by Gasteiger charge is -2.24. The third-order valence-corrected chi connectivity index (χ3v) is 4.97. The van der Waals surface area contributed by atoms with Gasteiger partial charge < -0.3 is 5.32 Å². The number of halogens is 2. The van der Waals surface area contributed by atoms with E-state index in [1.165, 1.54) is 12.1 Å². The Balaban J connectivity index is 1.84. The number of carbonyl (C=O) groups is 1. The van der Waals surface area contributed by atoms with Gasteiger partial charge in [0.25, 0.3) is 0 Å². The van der Waals surface area contributed by atoms with E-state index in [1.807, 2.05) is 25.1 Å². The second-order valence-corrected chi connectivity index (χ2v) is 6.51. The van der Waals surface area contributed by atoms with Crippen molar-refractivity contribution in [1.82, 2.24) is 9.78 Å². The smallest absolute Gasteiger partial charge is 0.226 e. The van der Waals surface area contributed by atoms with Crippen molar-refractivity contribution in [3.05, 3.63) is 76.2 Å². The van der Waals surface area contributed by atoms with Gasteiger partial charge in [-0.05, 0) is 42.3 Å². The third-order valence-electron chi connectivity index (χ3n) is 4.56. The highest BCUT2D eigenvalue weighted by atomic mass is 35.5. The summed E-state index contributed by atoms with van der Waals surface area (Å²) in [7, 11) is 0. The van der Waals surface area contributed by atoms with Gasteiger partial charge in [-0.1, -0.05) is 29.8 Å². The standard InChI is InChI=1S/C19H15ClFN3O/c1-11-16(20)3-2-4-17(11)24-19-15(10-22-24)14(9-18(25)23-19)12-5-7-13(21)8-6-12/h2-8,10,14H,9H2,1H3,(H,23,25)/t14-/m0/s1. The van der Waals surface area contributed by atoms with Crippen molar-refractivity contribution < 1.29 is 9.18 Å². The molecule has 2 aromatic carbocycles. The number of benzene rings is 2. The Labute approximate surface area is 149 Å².